The SMILES string of the molecule is CC1CCC(NCCN2CC(C)Cc3ccccc32)CC1. The highest BCUT2D eigenvalue weighted by molar-refractivity contribution is 5.55. The van der Waals surface area contributed by atoms with Gasteiger partial charge in [-0.05, 0) is 55.6 Å². The molecular formula is C19H30N2. The van der Waals surface area contributed by atoms with E-state index in [2.05, 4.69) is 48.3 Å². The summed E-state index contributed by atoms with van der Waals surface area (Å²) in [5, 5.41) is 3.79. The lowest BCUT2D eigenvalue weighted by molar-refractivity contribution is 0.308. The number of benzene rings is 1. The van der Waals surface area contributed by atoms with Gasteiger partial charge in [0.2, 0.25) is 0 Å². The lowest BCUT2D eigenvalue weighted by Gasteiger charge is -2.35. The number of nitrogens with zero attached hydrogens (tertiary/aromatic N) is 1. The quantitative estimate of drug-likeness (QED) is 0.904. The van der Waals surface area contributed by atoms with Gasteiger partial charge in [0.05, 0.1) is 0 Å². The van der Waals surface area contributed by atoms with Gasteiger partial charge in [0.15, 0.2) is 0 Å². The van der Waals surface area contributed by atoms with E-state index in [9.17, 15) is 0 Å². The highest BCUT2D eigenvalue weighted by Gasteiger charge is 2.22. The first-order valence-corrected chi connectivity index (χ1v) is 8.78. The standard InChI is InChI=1S/C19H30N2/c1-15-7-9-18(10-8-15)20-11-12-21-14-16(2)13-17-5-3-4-6-19(17)21/h3-6,15-16,18,20H,7-14H2,1-2H3. The largest absolute Gasteiger partial charge is 0.370 e. The van der Waals surface area contributed by atoms with Gasteiger partial charge >= 0.3 is 0 Å². The van der Waals surface area contributed by atoms with Crippen LogP contribution in [-0.4, -0.2) is 25.7 Å². The van der Waals surface area contributed by atoms with Crippen LogP contribution in [0.25, 0.3) is 0 Å². The van der Waals surface area contributed by atoms with Crippen LogP contribution in [0.5, 0.6) is 0 Å². The van der Waals surface area contributed by atoms with E-state index in [1.165, 1.54) is 49.9 Å². The van der Waals surface area contributed by atoms with Crippen LogP contribution < -0.4 is 10.2 Å². The molecule has 0 saturated heterocycles. The van der Waals surface area contributed by atoms with Crippen molar-refractivity contribution in [3.63, 3.8) is 0 Å². The molecule has 0 spiro atoms. The average molecular weight is 286 g/mol. The monoisotopic (exact) mass is 286 g/mol. The molecule has 1 aromatic carbocycles. The molecule has 1 N–H and O–H groups in total. The molecule has 0 amide bonds. The second kappa shape index (κ2) is 6.83. The van der Waals surface area contributed by atoms with Crippen LogP contribution in [0.1, 0.15) is 45.1 Å². The van der Waals surface area contributed by atoms with Gasteiger partial charge in [-0.2, -0.15) is 0 Å². The maximum Gasteiger partial charge on any atom is 0.0399 e. The van der Waals surface area contributed by atoms with E-state index in [1.807, 2.05) is 0 Å². The van der Waals surface area contributed by atoms with Crippen LogP contribution in [0.4, 0.5) is 5.69 Å². The van der Waals surface area contributed by atoms with Crippen LogP contribution in [-0.2, 0) is 6.42 Å². The number of fused-ring (bicyclic) bond motifs is 1. The van der Waals surface area contributed by atoms with Gasteiger partial charge in [0.1, 0.15) is 0 Å². The molecule has 0 bridgehead atoms. The van der Waals surface area contributed by atoms with Crippen LogP contribution in [0.3, 0.4) is 0 Å². The van der Waals surface area contributed by atoms with Crippen molar-refractivity contribution in [3.8, 4) is 0 Å². The molecular weight excluding hydrogens is 256 g/mol. The van der Waals surface area contributed by atoms with E-state index in [0.717, 1.165) is 31.0 Å². The zero-order valence-electron chi connectivity index (χ0n) is 13.6. The Balaban J connectivity index is 1.51. The van der Waals surface area contributed by atoms with Crippen LogP contribution in [0.15, 0.2) is 24.3 Å². The minimum absolute atomic E-state index is 0.763. The average Bonchev–Trinajstić information content (AvgIpc) is 2.49. The molecule has 1 unspecified atom stereocenters. The van der Waals surface area contributed by atoms with Gasteiger partial charge in [0.25, 0.3) is 0 Å². The minimum atomic E-state index is 0.763. The van der Waals surface area contributed by atoms with Crippen molar-refractivity contribution in [1.29, 1.82) is 0 Å². The summed E-state index contributed by atoms with van der Waals surface area (Å²) < 4.78 is 0. The van der Waals surface area contributed by atoms with Crippen molar-refractivity contribution in [3.05, 3.63) is 29.8 Å². The summed E-state index contributed by atoms with van der Waals surface area (Å²) in [5.74, 6) is 1.72. The molecule has 0 radical (unpaired) electrons. The number of hydrogen-bond acceptors (Lipinski definition) is 2. The second-order valence-corrected chi connectivity index (χ2v) is 7.29. The Morgan fingerprint density at radius 1 is 1.05 bits per heavy atom. The minimum Gasteiger partial charge on any atom is -0.370 e. The molecule has 2 nitrogen and oxygen atoms in total. The van der Waals surface area contributed by atoms with Crippen molar-refractivity contribution in [1.82, 2.24) is 5.32 Å². The number of rotatable bonds is 4. The molecule has 1 fully saturated rings. The van der Waals surface area contributed by atoms with Crippen molar-refractivity contribution in [2.45, 2.75) is 52.0 Å². The molecule has 116 valence electrons. The first-order valence-electron chi connectivity index (χ1n) is 8.78. The number of anilines is 1. The third-order valence-corrected chi connectivity index (χ3v) is 5.26. The van der Waals surface area contributed by atoms with E-state index in [1.54, 1.807) is 0 Å². The topological polar surface area (TPSA) is 15.3 Å². The Kier molecular flexibility index (Phi) is 4.84. The van der Waals surface area contributed by atoms with Gasteiger partial charge < -0.3 is 10.2 Å². The summed E-state index contributed by atoms with van der Waals surface area (Å²) in [7, 11) is 0. The summed E-state index contributed by atoms with van der Waals surface area (Å²) in [6, 6.07) is 9.71. The molecule has 21 heavy (non-hydrogen) atoms. The van der Waals surface area contributed by atoms with Crippen LogP contribution in [0.2, 0.25) is 0 Å². The fourth-order valence-corrected chi connectivity index (χ4v) is 3.99. The van der Waals surface area contributed by atoms with Gasteiger partial charge in [-0.25, -0.2) is 0 Å². The predicted octanol–water partition coefficient (Wildman–Crippen LogP) is 3.85. The van der Waals surface area contributed by atoms with Crippen LogP contribution >= 0.6 is 0 Å². The second-order valence-electron chi connectivity index (χ2n) is 7.29. The number of hydrogen-bond donors (Lipinski definition) is 1. The highest BCUT2D eigenvalue weighted by atomic mass is 15.2. The van der Waals surface area contributed by atoms with Crippen molar-refractivity contribution >= 4 is 5.69 Å². The Bertz CT molecular complexity index is 449. The van der Waals surface area contributed by atoms with E-state index in [4.69, 9.17) is 0 Å². The highest BCUT2D eigenvalue weighted by Crippen LogP contribution is 2.29. The van der Waals surface area contributed by atoms with Crippen molar-refractivity contribution < 1.29 is 0 Å². The van der Waals surface area contributed by atoms with Crippen LogP contribution in [0, 0.1) is 11.8 Å². The van der Waals surface area contributed by atoms with E-state index in [-0.39, 0.29) is 0 Å². The van der Waals surface area contributed by atoms with Gasteiger partial charge in [0, 0.05) is 31.4 Å². The first kappa shape index (κ1) is 14.9. The molecule has 1 saturated carbocycles. The number of nitrogens with one attached hydrogen (secondary N) is 1. The third kappa shape index (κ3) is 3.79. The molecule has 3 rings (SSSR count). The van der Waals surface area contributed by atoms with E-state index >= 15 is 0 Å². The summed E-state index contributed by atoms with van der Waals surface area (Å²) in [6.07, 6.45) is 6.78. The Morgan fingerprint density at radius 3 is 2.62 bits per heavy atom. The molecule has 2 aliphatic rings. The zero-order chi connectivity index (χ0) is 14.7. The van der Waals surface area contributed by atoms with E-state index in [0.29, 0.717) is 0 Å². The summed E-state index contributed by atoms with van der Waals surface area (Å²) in [5.41, 5.74) is 3.00. The molecule has 1 aromatic rings. The molecule has 1 atom stereocenters. The molecule has 1 aliphatic carbocycles. The number of para-hydroxylation sites is 1. The van der Waals surface area contributed by atoms with E-state index < -0.39 is 0 Å². The molecule has 0 aromatic heterocycles. The lowest BCUT2D eigenvalue weighted by Crippen LogP contribution is -2.42. The maximum atomic E-state index is 3.79. The zero-order valence-corrected chi connectivity index (χ0v) is 13.6. The summed E-state index contributed by atoms with van der Waals surface area (Å²) >= 11 is 0. The Labute approximate surface area is 129 Å². The summed E-state index contributed by atoms with van der Waals surface area (Å²) in [4.78, 5) is 2.59. The Morgan fingerprint density at radius 2 is 1.81 bits per heavy atom. The first-order chi connectivity index (χ1) is 10.2. The normalized spacial score (nSPS) is 29.2. The molecule has 1 aliphatic heterocycles. The molecule has 1 heterocycles. The van der Waals surface area contributed by atoms with Crippen molar-refractivity contribution in [2.24, 2.45) is 11.8 Å². The lowest BCUT2D eigenvalue weighted by atomic mass is 9.87. The van der Waals surface area contributed by atoms with Gasteiger partial charge in [-0.15, -0.1) is 0 Å². The predicted molar refractivity (Wildman–Crippen MR) is 90.9 cm³/mol. The fraction of sp³-hybridized carbons (Fsp3) is 0.684. The van der Waals surface area contributed by atoms with Gasteiger partial charge in [-0.3, -0.25) is 0 Å². The maximum absolute atomic E-state index is 3.79. The smallest absolute Gasteiger partial charge is 0.0399 e. The van der Waals surface area contributed by atoms with Gasteiger partial charge in [-0.1, -0.05) is 32.0 Å². The van der Waals surface area contributed by atoms with Crippen molar-refractivity contribution in [2.75, 3.05) is 24.5 Å². The third-order valence-electron chi connectivity index (χ3n) is 5.26. The summed E-state index contributed by atoms with van der Waals surface area (Å²) in [6.45, 7) is 8.25. The molecule has 2 heteroatoms. The fourth-order valence-electron chi connectivity index (χ4n) is 3.99. The Hall–Kier alpha value is -1.02.